The molecule has 0 fully saturated rings. The van der Waals surface area contributed by atoms with E-state index in [0.717, 1.165) is 22.4 Å². The Morgan fingerprint density at radius 2 is 2.21 bits per heavy atom. The summed E-state index contributed by atoms with van der Waals surface area (Å²) in [6.45, 7) is 0. The van der Waals surface area contributed by atoms with E-state index in [1.54, 1.807) is 36.4 Å². The number of rotatable bonds is 3. The van der Waals surface area contributed by atoms with E-state index in [0.29, 0.717) is 0 Å². The third-order valence-corrected chi connectivity index (χ3v) is 3.14. The fraction of sp³-hybridized carbons (Fsp3) is 0.143. The number of aromatic nitrogens is 3. The monoisotopic (exact) mass is 254 g/mol. The lowest BCUT2D eigenvalue weighted by Crippen LogP contribution is -2.11. The van der Waals surface area contributed by atoms with Crippen LogP contribution in [0.3, 0.4) is 0 Å². The number of benzene rings is 1. The molecule has 3 rings (SSSR count). The summed E-state index contributed by atoms with van der Waals surface area (Å²) < 4.78 is 6.99. The van der Waals surface area contributed by atoms with Crippen LogP contribution in [0.5, 0.6) is 5.75 Å². The van der Waals surface area contributed by atoms with Crippen molar-refractivity contribution in [1.29, 1.82) is 0 Å². The topological polar surface area (TPSA) is 65.4 Å². The second-order valence-corrected chi connectivity index (χ2v) is 4.26. The van der Waals surface area contributed by atoms with Gasteiger partial charge in [-0.25, -0.2) is 4.52 Å². The van der Waals surface area contributed by atoms with E-state index in [1.807, 2.05) is 24.3 Å². The highest BCUT2D eigenvalue weighted by Crippen LogP contribution is 2.25. The molecule has 96 valence electrons. The molecule has 5 heteroatoms. The second kappa shape index (κ2) is 4.70. The van der Waals surface area contributed by atoms with Crippen molar-refractivity contribution in [1.82, 2.24) is 14.6 Å². The molecule has 1 atom stereocenters. The summed E-state index contributed by atoms with van der Waals surface area (Å²) in [6.07, 6.45) is 7.04. The van der Waals surface area contributed by atoms with Gasteiger partial charge in [0, 0.05) is 18.0 Å². The van der Waals surface area contributed by atoms with Gasteiger partial charge in [-0.15, -0.1) is 0 Å². The van der Waals surface area contributed by atoms with E-state index in [1.165, 1.54) is 0 Å². The van der Waals surface area contributed by atoms with E-state index in [9.17, 15) is 0 Å². The van der Waals surface area contributed by atoms with Crippen LogP contribution < -0.4 is 10.5 Å². The first-order valence-electron chi connectivity index (χ1n) is 5.96. The highest BCUT2D eigenvalue weighted by atomic mass is 16.5. The van der Waals surface area contributed by atoms with E-state index in [-0.39, 0.29) is 6.04 Å². The van der Waals surface area contributed by atoms with Gasteiger partial charge in [0.2, 0.25) is 0 Å². The highest BCUT2D eigenvalue weighted by molar-refractivity contribution is 5.55. The zero-order valence-electron chi connectivity index (χ0n) is 10.5. The lowest BCUT2D eigenvalue weighted by molar-refractivity contribution is 0.414. The van der Waals surface area contributed by atoms with Crippen molar-refractivity contribution in [2.45, 2.75) is 6.04 Å². The van der Waals surface area contributed by atoms with Crippen LogP contribution >= 0.6 is 0 Å². The highest BCUT2D eigenvalue weighted by Gasteiger charge is 2.14. The lowest BCUT2D eigenvalue weighted by Gasteiger charge is -2.12. The van der Waals surface area contributed by atoms with Crippen molar-refractivity contribution in [2.24, 2.45) is 5.73 Å². The van der Waals surface area contributed by atoms with Gasteiger partial charge in [-0.05, 0) is 17.7 Å². The fourth-order valence-electron chi connectivity index (χ4n) is 2.11. The van der Waals surface area contributed by atoms with Crippen molar-refractivity contribution in [3.8, 4) is 5.75 Å². The lowest BCUT2D eigenvalue weighted by atomic mass is 10.0. The van der Waals surface area contributed by atoms with Gasteiger partial charge in [0.25, 0.3) is 0 Å². The SMILES string of the molecule is COc1cccc(C(N)c2cnn3ccncc23)c1. The standard InChI is InChI=1S/C14H14N4O/c1-19-11-4-2-3-10(7-11)14(15)12-8-17-18-6-5-16-9-13(12)18/h2-9,14H,15H2,1H3. The molecule has 0 aliphatic heterocycles. The van der Waals surface area contributed by atoms with Crippen molar-refractivity contribution in [2.75, 3.05) is 7.11 Å². The number of nitrogens with zero attached hydrogens (tertiary/aromatic N) is 3. The van der Waals surface area contributed by atoms with Gasteiger partial charge < -0.3 is 10.5 Å². The molecular formula is C14H14N4O. The van der Waals surface area contributed by atoms with E-state index in [2.05, 4.69) is 10.1 Å². The maximum atomic E-state index is 6.31. The summed E-state index contributed by atoms with van der Waals surface area (Å²) in [7, 11) is 1.64. The van der Waals surface area contributed by atoms with Crippen LogP contribution in [0.2, 0.25) is 0 Å². The first kappa shape index (κ1) is 11.7. The van der Waals surface area contributed by atoms with Gasteiger partial charge in [0.15, 0.2) is 0 Å². The average molecular weight is 254 g/mol. The summed E-state index contributed by atoms with van der Waals surface area (Å²) in [6, 6.07) is 7.49. The molecule has 2 aromatic heterocycles. The number of nitrogens with two attached hydrogens (primary N) is 1. The predicted octanol–water partition coefficient (Wildman–Crippen LogP) is 1.79. The Labute approximate surface area is 110 Å². The molecule has 5 nitrogen and oxygen atoms in total. The van der Waals surface area contributed by atoms with Crippen molar-refractivity contribution >= 4 is 5.52 Å². The molecule has 0 saturated heterocycles. The molecule has 0 aliphatic carbocycles. The molecule has 2 heterocycles. The number of ether oxygens (including phenoxy) is 1. The summed E-state index contributed by atoms with van der Waals surface area (Å²) in [5.74, 6) is 0.794. The van der Waals surface area contributed by atoms with Crippen LogP contribution in [0.1, 0.15) is 17.2 Å². The fourth-order valence-corrected chi connectivity index (χ4v) is 2.11. The molecule has 1 unspecified atom stereocenters. The minimum Gasteiger partial charge on any atom is -0.497 e. The molecular weight excluding hydrogens is 240 g/mol. The van der Waals surface area contributed by atoms with E-state index in [4.69, 9.17) is 10.5 Å². The van der Waals surface area contributed by atoms with Gasteiger partial charge in [0.1, 0.15) is 5.75 Å². The summed E-state index contributed by atoms with van der Waals surface area (Å²) in [5, 5.41) is 4.27. The van der Waals surface area contributed by atoms with E-state index >= 15 is 0 Å². The molecule has 0 bridgehead atoms. The third-order valence-electron chi connectivity index (χ3n) is 3.14. The normalized spacial score (nSPS) is 12.5. The minimum atomic E-state index is -0.253. The van der Waals surface area contributed by atoms with Crippen molar-refractivity contribution in [3.63, 3.8) is 0 Å². The summed E-state index contributed by atoms with van der Waals surface area (Å²) >= 11 is 0. The molecule has 3 aromatic rings. The first-order chi connectivity index (χ1) is 9.29. The maximum absolute atomic E-state index is 6.31. The Kier molecular flexibility index (Phi) is 2.89. The maximum Gasteiger partial charge on any atom is 0.119 e. The Hall–Kier alpha value is -2.40. The zero-order valence-corrected chi connectivity index (χ0v) is 10.5. The molecule has 0 aliphatic rings. The van der Waals surface area contributed by atoms with Crippen molar-refractivity contribution in [3.05, 3.63) is 60.2 Å². The van der Waals surface area contributed by atoms with Gasteiger partial charge >= 0.3 is 0 Å². The number of fused-ring (bicyclic) bond motifs is 1. The quantitative estimate of drug-likeness (QED) is 0.773. The predicted molar refractivity (Wildman–Crippen MR) is 72.0 cm³/mol. The molecule has 19 heavy (non-hydrogen) atoms. The van der Waals surface area contributed by atoms with Gasteiger partial charge in [-0.3, -0.25) is 4.98 Å². The summed E-state index contributed by atoms with van der Waals surface area (Å²) in [5.41, 5.74) is 9.16. The Morgan fingerprint density at radius 1 is 1.32 bits per heavy atom. The molecule has 2 N–H and O–H groups in total. The summed E-state index contributed by atoms with van der Waals surface area (Å²) in [4.78, 5) is 4.11. The number of hydrogen-bond donors (Lipinski definition) is 1. The molecule has 0 amide bonds. The second-order valence-electron chi connectivity index (χ2n) is 4.26. The third kappa shape index (κ3) is 2.04. The smallest absolute Gasteiger partial charge is 0.119 e. The molecule has 0 radical (unpaired) electrons. The van der Waals surface area contributed by atoms with Crippen LogP contribution in [-0.4, -0.2) is 21.7 Å². The Morgan fingerprint density at radius 3 is 3.05 bits per heavy atom. The first-order valence-corrected chi connectivity index (χ1v) is 5.96. The largest absolute Gasteiger partial charge is 0.497 e. The van der Waals surface area contributed by atoms with Crippen LogP contribution in [0.15, 0.2) is 49.1 Å². The van der Waals surface area contributed by atoms with Crippen LogP contribution in [0.4, 0.5) is 0 Å². The Bertz CT molecular complexity index is 707. The van der Waals surface area contributed by atoms with Crippen LogP contribution in [0.25, 0.3) is 5.52 Å². The molecule has 0 saturated carbocycles. The van der Waals surface area contributed by atoms with Crippen LogP contribution in [0, 0.1) is 0 Å². The van der Waals surface area contributed by atoms with Gasteiger partial charge in [0.05, 0.1) is 31.1 Å². The number of hydrogen-bond acceptors (Lipinski definition) is 4. The van der Waals surface area contributed by atoms with E-state index < -0.39 is 0 Å². The Balaban J connectivity index is 2.05. The van der Waals surface area contributed by atoms with Crippen molar-refractivity contribution < 1.29 is 4.74 Å². The molecule has 0 spiro atoms. The average Bonchev–Trinajstić information content (AvgIpc) is 2.90. The van der Waals surface area contributed by atoms with Gasteiger partial charge in [-0.1, -0.05) is 12.1 Å². The molecule has 1 aromatic carbocycles. The van der Waals surface area contributed by atoms with Gasteiger partial charge in [-0.2, -0.15) is 5.10 Å². The minimum absolute atomic E-state index is 0.253. The van der Waals surface area contributed by atoms with Crippen LogP contribution in [-0.2, 0) is 0 Å². The zero-order chi connectivity index (χ0) is 13.2. The number of methoxy groups -OCH3 is 1.